The van der Waals surface area contributed by atoms with E-state index in [1.807, 2.05) is 6.92 Å². The minimum Gasteiger partial charge on any atom is -0.446 e. The molecule has 0 saturated carbocycles. The van der Waals surface area contributed by atoms with Crippen LogP contribution in [0.15, 0.2) is 10.6 Å². The lowest BCUT2D eigenvalue weighted by atomic mass is 10.3. The van der Waals surface area contributed by atoms with E-state index >= 15 is 0 Å². The molecule has 0 aliphatic carbocycles. The van der Waals surface area contributed by atoms with Gasteiger partial charge in [-0.05, 0) is 26.4 Å². The SMILES string of the molecule is CCNCCCc1ncc(C)o1. The summed E-state index contributed by atoms with van der Waals surface area (Å²) >= 11 is 0. The first-order valence-electron chi connectivity index (χ1n) is 4.45. The van der Waals surface area contributed by atoms with E-state index in [-0.39, 0.29) is 0 Å². The molecule has 0 bridgehead atoms. The lowest BCUT2D eigenvalue weighted by molar-refractivity contribution is 0.462. The van der Waals surface area contributed by atoms with Gasteiger partial charge in [-0.15, -0.1) is 0 Å². The summed E-state index contributed by atoms with van der Waals surface area (Å²) in [6.45, 7) is 6.10. The fraction of sp³-hybridized carbons (Fsp3) is 0.667. The zero-order valence-electron chi connectivity index (χ0n) is 7.76. The third-order valence-corrected chi connectivity index (χ3v) is 1.66. The van der Waals surface area contributed by atoms with Gasteiger partial charge in [-0.1, -0.05) is 6.92 Å². The van der Waals surface area contributed by atoms with Crippen molar-refractivity contribution < 1.29 is 4.42 Å². The second-order valence-corrected chi connectivity index (χ2v) is 2.82. The number of hydrogen-bond donors (Lipinski definition) is 1. The van der Waals surface area contributed by atoms with Gasteiger partial charge in [0.05, 0.1) is 6.20 Å². The summed E-state index contributed by atoms with van der Waals surface area (Å²) in [6, 6.07) is 0. The molecule has 3 nitrogen and oxygen atoms in total. The van der Waals surface area contributed by atoms with Crippen molar-refractivity contribution in [1.82, 2.24) is 10.3 Å². The quantitative estimate of drug-likeness (QED) is 0.677. The van der Waals surface area contributed by atoms with Crippen LogP contribution >= 0.6 is 0 Å². The molecule has 1 heterocycles. The molecule has 0 saturated heterocycles. The van der Waals surface area contributed by atoms with Crippen LogP contribution in [-0.4, -0.2) is 18.1 Å². The number of hydrogen-bond acceptors (Lipinski definition) is 3. The first-order chi connectivity index (χ1) is 5.83. The van der Waals surface area contributed by atoms with Crippen LogP contribution in [0.3, 0.4) is 0 Å². The number of rotatable bonds is 5. The molecule has 12 heavy (non-hydrogen) atoms. The van der Waals surface area contributed by atoms with Gasteiger partial charge >= 0.3 is 0 Å². The predicted octanol–water partition coefficient (Wildman–Crippen LogP) is 1.53. The number of nitrogens with one attached hydrogen (secondary N) is 1. The predicted molar refractivity (Wildman–Crippen MR) is 48.1 cm³/mol. The molecule has 3 heteroatoms. The van der Waals surface area contributed by atoms with E-state index in [2.05, 4.69) is 17.2 Å². The Morgan fingerprint density at radius 3 is 3.00 bits per heavy atom. The Morgan fingerprint density at radius 1 is 1.58 bits per heavy atom. The molecule has 0 fully saturated rings. The van der Waals surface area contributed by atoms with Crippen molar-refractivity contribution in [3.8, 4) is 0 Å². The molecule has 0 atom stereocenters. The maximum absolute atomic E-state index is 5.32. The maximum atomic E-state index is 5.32. The Kier molecular flexibility index (Phi) is 3.80. The Bertz CT molecular complexity index is 220. The minimum atomic E-state index is 0.852. The Balaban J connectivity index is 2.15. The van der Waals surface area contributed by atoms with Crippen molar-refractivity contribution in [2.45, 2.75) is 26.7 Å². The smallest absolute Gasteiger partial charge is 0.194 e. The third-order valence-electron chi connectivity index (χ3n) is 1.66. The van der Waals surface area contributed by atoms with E-state index in [9.17, 15) is 0 Å². The molecule has 0 aliphatic rings. The summed E-state index contributed by atoms with van der Waals surface area (Å²) in [4.78, 5) is 4.12. The zero-order valence-corrected chi connectivity index (χ0v) is 7.76. The number of oxazole rings is 1. The van der Waals surface area contributed by atoms with Crippen LogP contribution < -0.4 is 5.32 Å². The molecule has 68 valence electrons. The molecule has 0 amide bonds. The lowest BCUT2D eigenvalue weighted by Crippen LogP contribution is -2.14. The molecule has 0 radical (unpaired) electrons. The maximum Gasteiger partial charge on any atom is 0.194 e. The summed E-state index contributed by atoms with van der Waals surface area (Å²) < 4.78 is 5.32. The van der Waals surface area contributed by atoms with Gasteiger partial charge in [0, 0.05) is 6.42 Å². The van der Waals surface area contributed by atoms with Crippen LogP contribution in [0.5, 0.6) is 0 Å². The normalized spacial score (nSPS) is 10.5. The Labute approximate surface area is 73.2 Å². The molecular formula is C9H16N2O. The van der Waals surface area contributed by atoms with E-state index in [0.717, 1.165) is 37.6 Å². The van der Waals surface area contributed by atoms with Gasteiger partial charge in [-0.25, -0.2) is 4.98 Å². The number of aromatic nitrogens is 1. The van der Waals surface area contributed by atoms with E-state index in [0.29, 0.717) is 0 Å². The highest BCUT2D eigenvalue weighted by Gasteiger charge is 1.98. The van der Waals surface area contributed by atoms with Crippen LogP contribution in [0.2, 0.25) is 0 Å². The summed E-state index contributed by atoms with van der Waals surface area (Å²) in [7, 11) is 0. The lowest BCUT2D eigenvalue weighted by Gasteiger charge is -1.97. The summed E-state index contributed by atoms with van der Waals surface area (Å²) in [5, 5.41) is 3.26. The molecule has 1 rings (SSSR count). The highest BCUT2D eigenvalue weighted by atomic mass is 16.3. The summed E-state index contributed by atoms with van der Waals surface area (Å²) in [5.74, 6) is 1.75. The third kappa shape index (κ3) is 3.05. The van der Waals surface area contributed by atoms with Crippen LogP contribution in [0.1, 0.15) is 25.0 Å². The largest absolute Gasteiger partial charge is 0.446 e. The van der Waals surface area contributed by atoms with Crippen molar-refractivity contribution in [1.29, 1.82) is 0 Å². The Morgan fingerprint density at radius 2 is 2.42 bits per heavy atom. The van der Waals surface area contributed by atoms with Gasteiger partial charge < -0.3 is 9.73 Å². The van der Waals surface area contributed by atoms with Crippen molar-refractivity contribution >= 4 is 0 Å². The molecular weight excluding hydrogens is 152 g/mol. The highest BCUT2D eigenvalue weighted by Crippen LogP contribution is 2.03. The molecule has 1 N–H and O–H groups in total. The summed E-state index contributed by atoms with van der Waals surface area (Å²) in [5.41, 5.74) is 0. The van der Waals surface area contributed by atoms with Gasteiger partial charge in [0.25, 0.3) is 0 Å². The van der Waals surface area contributed by atoms with Crippen LogP contribution in [0.25, 0.3) is 0 Å². The molecule has 0 aromatic carbocycles. The van der Waals surface area contributed by atoms with Gasteiger partial charge in [0.1, 0.15) is 5.76 Å². The van der Waals surface area contributed by atoms with Crippen LogP contribution in [0.4, 0.5) is 0 Å². The molecule has 0 unspecified atom stereocenters. The van der Waals surface area contributed by atoms with Crippen molar-refractivity contribution in [3.05, 3.63) is 17.8 Å². The van der Waals surface area contributed by atoms with Gasteiger partial charge in [0.15, 0.2) is 5.89 Å². The van der Waals surface area contributed by atoms with E-state index in [4.69, 9.17) is 4.42 Å². The van der Waals surface area contributed by atoms with Gasteiger partial charge in [0.2, 0.25) is 0 Å². The summed E-state index contributed by atoms with van der Waals surface area (Å²) in [6.07, 6.45) is 3.79. The second-order valence-electron chi connectivity index (χ2n) is 2.82. The van der Waals surface area contributed by atoms with E-state index in [1.54, 1.807) is 6.20 Å². The van der Waals surface area contributed by atoms with Crippen LogP contribution in [0, 0.1) is 6.92 Å². The number of nitrogens with zero attached hydrogens (tertiary/aromatic N) is 1. The van der Waals surface area contributed by atoms with Gasteiger partial charge in [-0.3, -0.25) is 0 Å². The van der Waals surface area contributed by atoms with Gasteiger partial charge in [-0.2, -0.15) is 0 Å². The van der Waals surface area contributed by atoms with Crippen LogP contribution in [-0.2, 0) is 6.42 Å². The van der Waals surface area contributed by atoms with E-state index < -0.39 is 0 Å². The first-order valence-corrected chi connectivity index (χ1v) is 4.45. The first kappa shape index (κ1) is 9.26. The van der Waals surface area contributed by atoms with E-state index in [1.165, 1.54) is 0 Å². The molecule has 1 aromatic heterocycles. The average molecular weight is 168 g/mol. The fourth-order valence-electron chi connectivity index (χ4n) is 1.06. The topological polar surface area (TPSA) is 38.1 Å². The monoisotopic (exact) mass is 168 g/mol. The minimum absolute atomic E-state index is 0.852. The fourth-order valence-corrected chi connectivity index (χ4v) is 1.06. The zero-order chi connectivity index (χ0) is 8.81. The Hall–Kier alpha value is -0.830. The molecule has 0 spiro atoms. The number of aryl methyl sites for hydroxylation is 2. The standard InChI is InChI=1S/C9H16N2O/c1-3-10-6-4-5-9-11-7-8(2)12-9/h7,10H,3-6H2,1-2H3. The molecule has 1 aromatic rings. The van der Waals surface area contributed by atoms with Crippen molar-refractivity contribution in [2.24, 2.45) is 0 Å². The molecule has 0 aliphatic heterocycles. The van der Waals surface area contributed by atoms with Crippen molar-refractivity contribution in [3.63, 3.8) is 0 Å². The highest BCUT2D eigenvalue weighted by molar-refractivity contribution is 4.90. The second kappa shape index (κ2) is 4.93. The van der Waals surface area contributed by atoms with Crippen molar-refractivity contribution in [2.75, 3.05) is 13.1 Å². The average Bonchev–Trinajstić information content (AvgIpc) is 2.45.